The number of hydrogen-bond donors (Lipinski definition) is 1. The van der Waals surface area contributed by atoms with Crippen LogP contribution in [0.2, 0.25) is 5.02 Å². The van der Waals surface area contributed by atoms with E-state index in [1.54, 1.807) is 22.8 Å². The normalized spacial score (nSPS) is 13.3. The zero-order chi connectivity index (χ0) is 19.8. The minimum Gasteiger partial charge on any atom is -0.495 e. The summed E-state index contributed by atoms with van der Waals surface area (Å²) in [6.07, 6.45) is 0.686. The number of fused-ring (bicyclic) bond motifs is 1. The van der Waals surface area contributed by atoms with Gasteiger partial charge in [0, 0.05) is 47.9 Å². The number of aryl methyl sites for hydroxylation is 1. The number of benzene rings is 2. The van der Waals surface area contributed by atoms with Crippen molar-refractivity contribution in [1.29, 1.82) is 0 Å². The van der Waals surface area contributed by atoms with Crippen LogP contribution in [0.15, 0.2) is 47.3 Å². The Morgan fingerprint density at radius 2 is 1.96 bits per heavy atom. The maximum Gasteiger partial charge on any atom is 0.255 e. The van der Waals surface area contributed by atoms with E-state index in [-0.39, 0.29) is 5.56 Å². The maximum atomic E-state index is 15.2. The number of nitrogens with zero attached hydrogens (tertiary/aromatic N) is 1. The van der Waals surface area contributed by atoms with E-state index in [0.29, 0.717) is 40.6 Å². The second kappa shape index (κ2) is 7.41. The van der Waals surface area contributed by atoms with Crippen LogP contribution in [0.5, 0.6) is 5.75 Å². The molecule has 2 aromatic carbocycles. The second-order valence-electron chi connectivity index (χ2n) is 6.87. The quantitative estimate of drug-likeness (QED) is 0.716. The molecule has 0 radical (unpaired) electrons. The fraction of sp³-hybridized carbons (Fsp3) is 0.227. The fourth-order valence-corrected chi connectivity index (χ4v) is 3.89. The molecule has 0 unspecified atom stereocenters. The van der Waals surface area contributed by atoms with Crippen molar-refractivity contribution in [1.82, 2.24) is 9.88 Å². The van der Waals surface area contributed by atoms with Crippen molar-refractivity contribution >= 4 is 11.6 Å². The predicted octanol–water partition coefficient (Wildman–Crippen LogP) is 4.26. The van der Waals surface area contributed by atoms with E-state index >= 15 is 4.39 Å². The minimum atomic E-state index is -0.431. The first-order valence-electron chi connectivity index (χ1n) is 9.08. The van der Waals surface area contributed by atoms with E-state index in [4.69, 9.17) is 16.3 Å². The molecule has 0 saturated carbocycles. The molecule has 28 heavy (non-hydrogen) atoms. The van der Waals surface area contributed by atoms with Gasteiger partial charge in [0.15, 0.2) is 0 Å². The third-order valence-corrected chi connectivity index (χ3v) is 5.38. The molecule has 144 valence electrons. The number of rotatable bonds is 3. The Kier molecular flexibility index (Phi) is 4.96. The summed E-state index contributed by atoms with van der Waals surface area (Å²) in [5, 5.41) is 3.82. The lowest BCUT2D eigenvalue weighted by Gasteiger charge is -2.23. The van der Waals surface area contributed by atoms with Gasteiger partial charge in [0.2, 0.25) is 0 Å². The molecule has 4 nitrogen and oxygen atoms in total. The van der Waals surface area contributed by atoms with Crippen LogP contribution in [0.4, 0.5) is 4.39 Å². The van der Waals surface area contributed by atoms with Crippen molar-refractivity contribution in [3.8, 4) is 22.6 Å². The van der Waals surface area contributed by atoms with Crippen molar-refractivity contribution in [2.24, 2.45) is 0 Å². The number of nitrogens with one attached hydrogen (secondary N) is 1. The fourth-order valence-electron chi connectivity index (χ4n) is 3.72. The molecule has 0 atom stereocenters. The lowest BCUT2D eigenvalue weighted by Crippen LogP contribution is -2.31. The van der Waals surface area contributed by atoms with Gasteiger partial charge < -0.3 is 10.1 Å². The Morgan fingerprint density at radius 3 is 2.75 bits per heavy atom. The summed E-state index contributed by atoms with van der Waals surface area (Å²) < 4.78 is 22.3. The van der Waals surface area contributed by atoms with Crippen LogP contribution in [0.25, 0.3) is 16.8 Å². The molecule has 6 heteroatoms. The highest BCUT2D eigenvalue weighted by Gasteiger charge is 2.20. The monoisotopic (exact) mass is 398 g/mol. The molecule has 0 fully saturated rings. The van der Waals surface area contributed by atoms with Gasteiger partial charge in [-0.1, -0.05) is 23.7 Å². The second-order valence-corrected chi connectivity index (χ2v) is 7.31. The summed E-state index contributed by atoms with van der Waals surface area (Å²) in [4.78, 5) is 12.7. The maximum absolute atomic E-state index is 15.2. The molecular weight excluding hydrogens is 379 g/mol. The summed E-state index contributed by atoms with van der Waals surface area (Å²) in [5.74, 6) is 0.00409. The van der Waals surface area contributed by atoms with Gasteiger partial charge in [-0.05, 0) is 41.8 Å². The first kappa shape index (κ1) is 18.7. The van der Waals surface area contributed by atoms with E-state index in [1.165, 1.54) is 19.2 Å². The molecule has 2 heterocycles. The summed E-state index contributed by atoms with van der Waals surface area (Å²) >= 11 is 6.11. The van der Waals surface area contributed by atoms with Crippen LogP contribution in [0.1, 0.15) is 16.8 Å². The van der Waals surface area contributed by atoms with E-state index in [1.807, 2.05) is 19.1 Å². The molecule has 3 aromatic rings. The van der Waals surface area contributed by atoms with Crippen molar-refractivity contribution in [3.05, 3.63) is 80.5 Å². The molecular formula is C22H20ClFN2O2. The first-order chi connectivity index (χ1) is 13.5. The summed E-state index contributed by atoms with van der Waals surface area (Å²) in [6.45, 7) is 3.35. The highest BCUT2D eigenvalue weighted by atomic mass is 35.5. The molecule has 0 spiro atoms. The lowest BCUT2D eigenvalue weighted by atomic mass is 9.99. The Labute approximate surface area is 167 Å². The van der Waals surface area contributed by atoms with Crippen molar-refractivity contribution in [3.63, 3.8) is 0 Å². The Morgan fingerprint density at radius 1 is 1.14 bits per heavy atom. The van der Waals surface area contributed by atoms with Crippen LogP contribution >= 0.6 is 11.6 Å². The van der Waals surface area contributed by atoms with Crippen LogP contribution < -0.4 is 15.6 Å². The average Bonchev–Trinajstić information content (AvgIpc) is 2.70. The van der Waals surface area contributed by atoms with Crippen LogP contribution in [-0.2, 0) is 13.0 Å². The number of aromatic nitrogens is 1. The molecule has 1 aromatic heterocycles. The number of ether oxygens (including phenoxy) is 1. The largest absolute Gasteiger partial charge is 0.495 e. The molecule has 0 aliphatic carbocycles. The zero-order valence-corrected chi connectivity index (χ0v) is 16.4. The average molecular weight is 399 g/mol. The summed E-state index contributed by atoms with van der Waals surface area (Å²) in [7, 11) is 1.52. The van der Waals surface area contributed by atoms with Crippen molar-refractivity contribution in [2.75, 3.05) is 13.7 Å². The topological polar surface area (TPSA) is 43.3 Å². The summed E-state index contributed by atoms with van der Waals surface area (Å²) in [5.41, 5.74) is 4.11. The van der Waals surface area contributed by atoms with Gasteiger partial charge >= 0.3 is 0 Å². The molecule has 1 aliphatic rings. The molecule has 4 rings (SSSR count). The van der Waals surface area contributed by atoms with Gasteiger partial charge in [-0.2, -0.15) is 0 Å². The van der Waals surface area contributed by atoms with Gasteiger partial charge in [-0.25, -0.2) is 4.39 Å². The number of pyridine rings is 1. The molecule has 0 amide bonds. The highest BCUT2D eigenvalue weighted by molar-refractivity contribution is 6.30. The van der Waals surface area contributed by atoms with Gasteiger partial charge in [-0.3, -0.25) is 9.36 Å². The molecule has 1 aliphatic heterocycles. The SMILES string of the molecule is COc1cc(-c2cc(Cl)ccc2C)c(F)cc1-n1c2c(ccc1=O)CNCC2. The molecule has 0 bridgehead atoms. The Hall–Kier alpha value is -2.63. The highest BCUT2D eigenvalue weighted by Crippen LogP contribution is 2.35. The first-order valence-corrected chi connectivity index (χ1v) is 9.46. The minimum absolute atomic E-state index is 0.204. The smallest absolute Gasteiger partial charge is 0.255 e. The zero-order valence-electron chi connectivity index (χ0n) is 15.7. The third-order valence-electron chi connectivity index (χ3n) is 5.14. The van der Waals surface area contributed by atoms with E-state index in [2.05, 4.69) is 5.32 Å². The lowest BCUT2D eigenvalue weighted by molar-refractivity contribution is 0.411. The predicted molar refractivity (Wildman–Crippen MR) is 109 cm³/mol. The Bertz CT molecular complexity index is 1120. The van der Waals surface area contributed by atoms with Crippen LogP contribution in [0, 0.1) is 12.7 Å². The third kappa shape index (κ3) is 3.21. The van der Waals surface area contributed by atoms with Crippen LogP contribution in [0.3, 0.4) is 0 Å². The van der Waals surface area contributed by atoms with Gasteiger partial charge in [0.1, 0.15) is 11.6 Å². The standard InChI is InChI=1S/C22H20ClFN2O2/c1-13-3-5-15(23)9-16(13)17-10-21(28-2)20(11-18(17)24)26-19-7-8-25-12-14(19)4-6-22(26)27/h3-6,9-11,25H,7-8,12H2,1-2H3. The number of methoxy groups -OCH3 is 1. The summed E-state index contributed by atoms with van der Waals surface area (Å²) in [6, 6.07) is 11.7. The van der Waals surface area contributed by atoms with Gasteiger partial charge in [0.25, 0.3) is 5.56 Å². The number of halogens is 2. The van der Waals surface area contributed by atoms with Crippen LogP contribution in [-0.4, -0.2) is 18.2 Å². The number of hydrogen-bond acceptors (Lipinski definition) is 3. The van der Waals surface area contributed by atoms with E-state index in [9.17, 15) is 4.79 Å². The van der Waals surface area contributed by atoms with Gasteiger partial charge in [0.05, 0.1) is 12.8 Å². The van der Waals surface area contributed by atoms with Crippen molar-refractivity contribution in [2.45, 2.75) is 19.9 Å². The van der Waals surface area contributed by atoms with E-state index < -0.39 is 5.82 Å². The van der Waals surface area contributed by atoms with E-state index in [0.717, 1.165) is 23.4 Å². The Balaban J connectivity index is 1.95. The molecule has 1 N–H and O–H groups in total. The molecule has 0 saturated heterocycles. The van der Waals surface area contributed by atoms with Crippen molar-refractivity contribution < 1.29 is 9.13 Å². The van der Waals surface area contributed by atoms with Gasteiger partial charge in [-0.15, -0.1) is 0 Å².